The minimum atomic E-state index is -0.843. The Bertz CT molecular complexity index is 890. The van der Waals surface area contributed by atoms with Gasteiger partial charge in [0.05, 0.1) is 18.9 Å². The molecule has 0 saturated heterocycles. The molecule has 0 radical (unpaired) electrons. The fraction of sp³-hybridized carbons (Fsp3) is 0.250. The predicted octanol–water partition coefficient (Wildman–Crippen LogP) is 3.91. The molecule has 0 fully saturated rings. The van der Waals surface area contributed by atoms with Crippen LogP contribution in [0.1, 0.15) is 36.7 Å². The summed E-state index contributed by atoms with van der Waals surface area (Å²) in [7, 11) is 1.40. The monoisotopic (exact) mass is 388 g/mol. The molecule has 2 aromatic rings. The molecule has 0 heterocycles. The zero-order valence-electron chi connectivity index (χ0n) is 16.0. The molecule has 0 aromatic heterocycles. The van der Waals surface area contributed by atoms with Crippen molar-refractivity contribution < 1.29 is 28.2 Å². The van der Waals surface area contributed by atoms with Crippen LogP contribution in [0.5, 0.6) is 11.5 Å². The van der Waals surface area contributed by atoms with E-state index < -0.39 is 23.5 Å². The van der Waals surface area contributed by atoms with Crippen molar-refractivity contribution in [1.29, 1.82) is 0 Å². The van der Waals surface area contributed by atoms with E-state index in [0.717, 1.165) is 0 Å². The van der Waals surface area contributed by atoms with E-state index in [1.54, 1.807) is 32.9 Å². The van der Waals surface area contributed by atoms with Gasteiger partial charge >= 0.3 is 12.1 Å². The molecule has 0 spiro atoms. The van der Waals surface area contributed by atoms with Gasteiger partial charge in [0, 0.05) is 0 Å². The van der Waals surface area contributed by atoms with E-state index in [-0.39, 0.29) is 17.1 Å². The topological polar surface area (TPSA) is 86.2 Å². The lowest BCUT2D eigenvalue weighted by Gasteiger charge is -2.18. The number of carbonyl (C=O) groups excluding carboxylic acids is 2. The average molecular weight is 388 g/mol. The summed E-state index contributed by atoms with van der Waals surface area (Å²) in [5.41, 5.74) is 1.99. The molecule has 0 atom stereocenters. The minimum absolute atomic E-state index is 0.119. The van der Waals surface area contributed by atoms with Crippen molar-refractivity contribution in [2.75, 3.05) is 7.11 Å². The summed E-state index contributed by atoms with van der Waals surface area (Å²) in [4.78, 5) is 23.7. The van der Waals surface area contributed by atoms with Crippen molar-refractivity contribution in [1.82, 2.24) is 5.43 Å². The van der Waals surface area contributed by atoms with Gasteiger partial charge in [-0.3, -0.25) is 0 Å². The van der Waals surface area contributed by atoms with Crippen molar-refractivity contribution >= 4 is 18.3 Å². The van der Waals surface area contributed by atoms with E-state index in [2.05, 4.69) is 10.5 Å². The maximum Gasteiger partial charge on any atom is 0.428 e. The number of nitrogens with one attached hydrogen (secondary N) is 1. The number of ether oxygens (including phenoxy) is 3. The minimum Gasteiger partial charge on any atom is -0.493 e. The van der Waals surface area contributed by atoms with Crippen molar-refractivity contribution in [2.24, 2.45) is 5.10 Å². The van der Waals surface area contributed by atoms with E-state index >= 15 is 0 Å². The molecule has 0 aliphatic heterocycles. The fourth-order valence-electron chi connectivity index (χ4n) is 2.09. The van der Waals surface area contributed by atoms with Gasteiger partial charge in [0.1, 0.15) is 11.4 Å². The number of hydrazone groups is 1. The smallest absolute Gasteiger partial charge is 0.428 e. The molecule has 2 rings (SSSR count). The normalized spacial score (nSPS) is 11.2. The summed E-state index contributed by atoms with van der Waals surface area (Å²) in [5.74, 6) is -1.16. The standard InChI is InChI=1S/C20H21FN2O5/c1-20(2,3)28-19(25)23-22-12-13-9-10-16(17(11-13)26-4)27-18(24)14-7-5-6-8-15(14)21/h5-12H,1-4H3,(H,23,25). The fourth-order valence-corrected chi connectivity index (χ4v) is 2.09. The summed E-state index contributed by atoms with van der Waals surface area (Å²) in [6.45, 7) is 5.22. The summed E-state index contributed by atoms with van der Waals surface area (Å²) in [5, 5.41) is 3.79. The van der Waals surface area contributed by atoms with E-state index in [1.165, 1.54) is 43.7 Å². The second-order valence-electron chi connectivity index (χ2n) is 6.65. The van der Waals surface area contributed by atoms with Crippen molar-refractivity contribution in [3.63, 3.8) is 0 Å². The van der Waals surface area contributed by atoms with E-state index in [1.807, 2.05) is 0 Å². The first-order valence-electron chi connectivity index (χ1n) is 8.36. The Hall–Kier alpha value is -3.42. The molecule has 0 aliphatic rings. The first-order chi connectivity index (χ1) is 13.2. The Morgan fingerprint density at radius 1 is 1.11 bits per heavy atom. The van der Waals surface area contributed by atoms with Crippen molar-refractivity contribution in [2.45, 2.75) is 26.4 Å². The summed E-state index contributed by atoms with van der Waals surface area (Å²) < 4.78 is 29.2. The maximum atomic E-state index is 13.7. The van der Waals surface area contributed by atoms with Gasteiger partial charge in [-0.15, -0.1) is 0 Å². The van der Waals surface area contributed by atoms with Gasteiger partial charge in [-0.1, -0.05) is 12.1 Å². The molecular formula is C20H21FN2O5. The number of halogens is 1. The number of hydrogen-bond acceptors (Lipinski definition) is 6. The lowest BCUT2D eigenvalue weighted by Crippen LogP contribution is -2.29. The third-order valence-corrected chi connectivity index (χ3v) is 3.25. The van der Waals surface area contributed by atoms with Crippen LogP contribution in [0, 0.1) is 5.82 Å². The van der Waals surface area contributed by atoms with Gasteiger partial charge in [-0.05, 0) is 56.7 Å². The molecule has 2 aromatic carbocycles. The number of carbonyl (C=O) groups is 2. The lowest BCUT2D eigenvalue weighted by atomic mass is 10.2. The number of rotatable bonds is 5. The first kappa shape index (κ1) is 20.9. The van der Waals surface area contributed by atoms with Crippen LogP contribution in [0.3, 0.4) is 0 Å². The van der Waals surface area contributed by atoms with E-state index in [4.69, 9.17) is 14.2 Å². The van der Waals surface area contributed by atoms with Gasteiger partial charge in [0.25, 0.3) is 0 Å². The van der Waals surface area contributed by atoms with Crippen LogP contribution >= 0.6 is 0 Å². The summed E-state index contributed by atoms with van der Waals surface area (Å²) in [6, 6.07) is 10.1. The molecule has 1 N–H and O–H groups in total. The van der Waals surface area contributed by atoms with Crippen LogP contribution < -0.4 is 14.9 Å². The number of amides is 1. The Morgan fingerprint density at radius 3 is 2.46 bits per heavy atom. The van der Waals surface area contributed by atoms with Gasteiger partial charge in [0.15, 0.2) is 11.5 Å². The number of esters is 1. The lowest BCUT2D eigenvalue weighted by molar-refractivity contribution is 0.0529. The third-order valence-electron chi connectivity index (χ3n) is 3.25. The zero-order valence-corrected chi connectivity index (χ0v) is 16.0. The summed E-state index contributed by atoms with van der Waals surface area (Å²) in [6.07, 6.45) is 0.681. The molecular weight excluding hydrogens is 367 g/mol. The van der Waals surface area contributed by atoms with Gasteiger partial charge < -0.3 is 14.2 Å². The number of hydrogen-bond donors (Lipinski definition) is 1. The van der Waals surface area contributed by atoms with E-state index in [0.29, 0.717) is 5.56 Å². The quantitative estimate of drug-likeness (QED) is 0.363. The third kappa shape index (κ3) is 6.08. The Morgan fingerprint density at radius 2 is 1.82 bits per heavy atom. The number of nitrogens with zero attached hydrogens (tertiary/aromatic N) is 1. The molecule has 0 bridgehead atoms. The highest BCUT2D eigenvalue weighted by Crippen LogP contribution is 2.28. The molecule has 0 aliphatic carbocycles. The molecule has 0 unspecified atom stereocenters. The largest absolute Gasteiger partial charge is 0.493 e. The van der Waals surface area contributed by atoms with Crippen LogP contribution in [0.15, 0.2) is 47.6 Å². The highest BCUT2D eigenvalue weighted by Gasteiger charge is 2.17. The SMILES string of the molecule is COc1cc(C=NNC(=O)OC(C)(C)C)ccc1OC(=O)c1ccccc1F. The molecule has 1 amide bonds. The van der Waals surface area contributed by atoms with Gasteiger partial charge in [-0.25, -0.2) is 19.4 Å². The molecule has 28 heavy (non-hydrogen) atoms. The molecule has 148 valence electrons. The highest BCUT2D eigenvalue weighted by molar-refractivity contribution is 5.92. The molecule has 7 nitrogen and oxygen atoms in total. The van der Waals surface area contributed by atoms with Crippen molar-refractivity contribution in [3.05, 3.63) is 59.4 Å². The highest BCUT2D eigenvalue weighted by atomic mass is 19.1. The second kappa shape index (κ2) is 8.98. The van der Waals surface area contributed by atoms with Gasteiger partial charge in [-0.2, -0.15) is 5.10 Å². The van der Waals surface area contributed by atoms with Crippen LogP contribution in [-0.4, -0.2) is 31.0 Å². The Labute approximate surface area is 162 Å². The molecule has 8 heteroatoms. The number of methoxy groups -OCH3 is 1. The maximum absolute atomic E-state index is 13.7. The summed E-state index contributed by atoms with van der Waals surface area (Å²) >= 11 is 0. The van der Waals surface area contributed by atoms with Gasteiger partial charge in [0.2, 0.25) is 0 Å². The van der Waals surface area contributed by atoms with E-state index in [9.17, 15) is 14.0 Å². The average Bonchev–Trinajstić information content (AvgIpc) is 2.61. The van der Waals surface area contributed by atoms with Crippen LogP contribution in [0.2, 0.25) is 0 Å². The van der Waals surface area contributed by atoms with Crippen LogP contribution in [-0.2, 0) is 4.74 Å². The Balaban J connectivity index is 2.07. The Kier molecular flexibility index (Phi) is 6.70. The number of benzene rings is 2. The van der Waals surface area contributed by atoms with Crippen molar-refractivity contribution in [3.8, 4) is 11.5 Å². The van der Waals surface area contributed by atoms with Crippen LogP contribution in [0.25, 0.3) is 0 Å². The zero-order chi connectivity index (χ0) is 20.7. The molecule has 0 saturated carbocycles. The predicted molar refractivity (Wildman–Crippen MR) is 101 cm³/mol. The van der Waals surface area contributed by atoms with Crippen LogP contribution in [0.4, 0.5) is 9.18 Å². The second-order valence-corrected chi connectivity index (χ2v) is 6.65. The first-order valence-corrected chi connectivity index (χ1v) is 8.36.